The second-order valence-corrected chi connectivity index (χ2v) is 8.65. The van der Waals surface area contributed by atoms with Gasteiger partial charge < -0.3 is 24.6 Å². The molecule has 0 bridgehead atoms. The van der Waals surface area contributed by atoms with E-state index in [0.717, 1.165) is 12.8 Å². The predicted octanol–water partition coefficient (Wildman–Crippen LogP) is 3.50. The molecule has 190 valence electrons. The number of aryl methyl sites for hydroxylation is 2. The Bertz CT molecular complexity index is 1230. The van der Waals surface area contributed by atoms with E-state index < -0.39 is 12.1 Å². The Hall–Kier alpha value is -4.15. The lowest BCUT2D eigenvalue weighted by Gasteiger charge is -2.27. The molecule has 11 heteroatoms. The summed E-state index contributed by atoms with van der Waals surface area (Å²) in [7, 11) is 3.29. The molecule has 0 saturated heterocycles. The van der Waals surface area contributed by atoms with E-state index in [1.807, 2.05) is 13.0 Å². The van der Waals surface area contributed by atoms with Gasteiger partial charge >= 0.3 is 12.1 Å². The smallest absolute Gasteiger partial charge is 0.412 e. The van der Waals surface area contributed by atoms with Crippen LogP contribution in [0.1, 0.15) is 37.1 Å². The Kier molecular flexibility index (Phi) is 7.67. The molecule has 1 amide bonds. The van der Waals surface area contributed by atoms with Crippen molar-refractivity contribution in [1.82, 2.24) is 25.3 Å². The molecule has 1 aliphatic carbocycles. The van der Waals surface area contributed by atoms with Crippen molar-refractivity contribution in [2.45, 2.75) is 45.3 Å². The van der Waals surface area contributed by atoms with Crippen LogP contribution in [0.15, 0.2) is 36.4 Å². The van der Waals surface area contributed by atoms with E-state index in [1.54, 1.807) is 49.2 Å². The number of pyridine rings is 1. The van der Waals surface area contributed by atoms with E-state index in [9.17, 15) is 14.7 Å². The van der Waals surface area contributed by atoms with Gasteiger partial charge in [0, 0.05) is 7.05 Å². The van der Waals surface area contributed by atoms with Gasteiger partial charge in [0.15, 0.2) is 0 Å². The fourth-order valence-corrected chi connectivity index (χ4v) is 4.18. The van der Waals surface area contributed by atoms with Crippen LogP contribution in [0.4, 0.5) is 4.79 Å². The normalized spacial score (nSPS) is 17.3. The Morgan fingerprint density at radius 1 is 1.14 bits per heavy atom. The van der Waals surface area contributed by atoms with Crippen LogP contribution < -0.4 is 19.5 Å². The number of aliphatic carboxylic acids is 1. The van der Waals surface area contributed by atoms with Crippen LogP contribution in [0.5, 0.6) is 17.2 Å². The topological polar surface area (TPSA) is 138 Å². The summed E-state index contributed by atoms with van der Waals surface area (Å²) in [6.07, 6.45) is 2.04. The fraction of sp³-hybridized carbons (Fsp3) is 0.400. The number of carboxylic acids is 1. The monoisotopic (exact) mass is 495 g/mol. The molecular formula is C25H29N5O6. The van der Waals surface area contributed by atoms with Crippen molar-refractivity contribution < 1.29 is 28.9 Å². The Morgan fingerprint density at radius 3 is 2.58 bits per heavy atom. The number of ether oxygens (including phenoxy) is 3. The van der Waals surface area contributed by atoms with E-state index in [-0.39, 0.29) is 18.6 Å². The van der Waals surface area contributed by atoms with Crippen LogP contribution >= 0.6 is 0 Å². The lowest BCUT2D eigenvalue weighted by molar-refractivity contribution is -0.143. The number of nitrogens with zero attached hydrogens (tertiary/aromatic N) is 4. The number of carbonyl (C=O) groups excluding carboxylic acids is 1. The highest BCUT2D eigenvalue weighted by molar-refractivity contribution is 5.71. The number of methoxy groups -OCH3 is 1. The lowest BCUT2D eigenvalue weighted by Crippen LogP contribution is -2.29. The second kappa shape index (κ2) is 11.1. The van der Waals surface area contributed by atoms with Gasteiger partial charge in [-0.25, -0.2) is 14.5 Å². The summed E-state index contributed by atoms with van der Waals surface area (Å²) in [6, 6.07) is 10.3. The Labute approximate surface area is 208 Å². The summed E-state index contributed by atoms with van der Waals surface area (Å²) in [4.78, 5) is 28.3. The maximum atomic E-state index is 12.3. The van der Waals surface area contributed by atoms with Crippen molar-refractivity contribution in [2.75, 3.05) is 7.11 Å². The fourth-order valence-electron chi connectivity index (χ4n) is 4.18. The third kappa shape index (κ3) is 5.91. The lowest BCUT2D eigenvalue weighted by atomic mass is 9.87. The first-order chi connectivity index (χ1) is 17.3. The zero-order valence-electron chi connectivity index (χ0n) is 20.4. The molecule has 2 N–H and O–H groups in total. The van der Waals surface area contributed by atoms with Crippen LogP contribution in [0.3, 0.4) is 0 Å². The van der Waals surface area contributed by atoms with Gasteiger partial charge in [0.2, 0.25) is 0 Å². The number of aromatic nitrogens is 4. The van der Waals surface area contributed by atoms with Gasteiger partial charge in [-0.2, -0.15) is 0 Å². The zero-order valence-corrected chi connectivity index (χ0v) is 20.4. The summed E-state index contributed by atoms with van der Waals surface area (Å²) >= 11 is 0. The minimum absolute atomic E-state index is 0.130. The minimum Gasteiger partial charge on any atom is -0.497 e. The first-order valence-corrected chi connectivity index (χ1v) is 11.7. The van der Waals surface area contributed by atoms with E-state index in [2.05, 4.69) is 20.6 Å². The van der Waals surface area contributed by atoms with Crippen LogP contribution in [0.2, 0.25) is 0 Å². The predicted molar refractivity (Wildman–Crippen MR) is 129 cm³/mol. The molecule has 2 heterocycles. The van der Waals surface area contributed by atoms with Gasteiger partial charge in [-0.15, -0.1) is 5.10 Å². The quantitative estimate of drug-likeness (QED) is 0.481. The van der Waals surface area contributed by atoms with E-state index >= 15 is 0 Å². The van der Waals surface area contributed by atoms with Crippen LogP contribution in [-0.4, -0.2) is 50.4 Å². The molecule has 4 rings (SSSR count). The Morgan fingerprint density at radius 2 is 1.89 bits per heavy atom. The van der Waals surface area contributed by atoms with Gasteiger partial charge in [-0.1, -0.05) is 5.21 Å². The first-order valence-electron chi connectivity index (χ1n) is 11.7. The summed E-state index contributed by atoms with van der Waals surface area (Å²) in [5.41, 5.74) is 2.42. The molecule has 0 spiro atoms. The molecule has 36 heavy (non-hydrogen) atoms. The molecule has 0 unspecified atom stereocenters. The van der Waals surface area contributed by atoms with Crippen molar-refractivity contribution >= 4 is 12.1 Å². The first kappa shape index (κ1) is 25.0. The van der Waals surface area contributed by atoms with Gasteiger partial charge in [-0.3, -0.25) is 4.79 Å². The van der Waals surface area contributed by atoms with Crippen molar-refractivity contribution in [3.05, 3.63) is 47.8 Å². The highest BCUT2D eigenvalue weighted by atomic mass is 16.6. The summed E-state index contributed by atoms with van der Waals surface area (Å²) in [5, 5.41) is 20.3. The summed E-state index contributed by atoms with van der Waals surface area (Å²) in [6.45, 7) is 1.96. The van der Waals surface area contributed by atoms with Crippen molar-refractivity contribution in [3.8, 4) is 28.6 Å². The highest BCUT2D eigenvalue weighted by Gasteiger charge is 2.28. The standard InChI is InChI=1S/C25H29N5O6/c1-15-22(35-19-6-4-5-16(13-19)24(31)32)12-11-20(27-15)23-21(30(2)29-28-23)14-26-25(33)36-18-9-7-17(34-3)8-10-18/h7-12,16,19H,4-6,13-14H2,1-3H3,(H,26,33)(H,31,32)/t16-,19-/m0/s1. The van der Waals surface area contributed by atoms with Crippen LogP contribution in [-0.2, 0) is 18.4 Å². The SMILES string of the molecule is COc1ccc(OC(=O)NCc2c(-c3ccc(O[C@H]4CCC[C@H](C(=O)O)C4)c(C)n3)nnn2C)cc1. The number of nitrogens with one attached hydrogen (secondary N) is 1. The molecule has 1 saturated carbocycles. The van der Waals surface area contributed by atoms with Gasteiger partial charge in [0.05, 0.1) is 42.8 Å². The molecule has 11 nitrogen and oxygen atoms in total. The summed E-state index contributed by atoms with van der Waals surface area (Å²) < 4.78 is 18.1. The average molecular weight is 496 g/mol. The number of hydrogen-bond acceptors (Lipinski definition) is 8. The van der Waals surface area contributed by atoms with Crippen LogP contribution in [0, 0.1) is 12.8 Å². The van der Waals surface area contributed by atoms with Crippen LogP contribution in [0.25, 0.3) is 11.4 Å². The number of carbonyl (C=O) groups is 2. The molecule has 0 radical (unpaired) electrons. The van der Waals surface area contributed by atoms with Crippen molar-refractivity contribution in [2.24, 2.45) is 13.0 Å². The van der Waals surface area contributed by atoms with E-state index in [0.29, 0.717) is 52.9 Å². The maximum Gasteiger partial charge on any atom is 0.412 e. The third-order valence-electron chi connectivity index (χ3n) is 6.16. The molecule has 1 aromatic carbocycles. The molecular weight excluding hydrogens is 466 g/mol. The molecule has 0 aliphatic heterocycles. The Balaban J connectivity index is 1.41. The number of hydrogen-bond donors (Lipinski definition) is 2. The molecule has 2 aromatic heterocycles. The molecule has 2 atom stereocenters. The van der Waals surface area contributed by atoms with Gasteiger partial charge in [0.25, 0.3) is 0 Å². The van der Waals surface area contributed by atoms with Crippen molar-refractivity contribution in [1.29, 1.82) is 0 Å². The third-order valence-corrected chi connectivity index (χ3v) is 6.16. The second-order valence-electron chi connectivity index (χ2n) is 8.65. The number of benzene rings is 1. The van der Waals surface area contributed by atoms with E-state index in [1.165, 1.54) is 0 Å². The number of rotatable bonds is 8. The average Bonchev–Trinajstić information content (AvgIpc) is 3.24. The van der Waals surface area contributed by atoms with Crippen molar-refractivity contribution in [3.63, 3.8) is 0 Å². The van der Waals surface area contributed by atoms with Gasteiger partial charge in [0.1, 0.15) is 22.9 Å². The molecule has 1 aliphatic rings. The highest BCUT2D eigenvalue weighted by Crippen LogP contribution is 2.30. The number of amides is 1. The zero-order chi connectivity index (χ0) is 25.7. The largest absolute Gasteiger partial charge is 0.497 e. The molecule has 1 fully saturated rings. The molecule has 3 aromatic rings. The maximum absolute atomic E-state index is 12.3. The van der Waals surface area contributed by atoms with Gasteiger partial charge in [-0.05, 0) is 69.0 Å². The number of carboxylic acid groups (broad SMARTS) is 1. The minimum atomic E-state index is -0.773. The summed E-state index contributed by atoms with van der Waals surface area (Å²) in [5.74, 6) is 0.516. The van der Waals surface area contributed by atoms with E-state index in [4.69, 9.17) is 14.2 Å².